The number of benzene rings is 1. The van der Waals surface area contributed by atoms with Gasteiger partial charge in [0.2, 0.25) is 0 Å². The van der Waals surface area contributed by atoms with E-state index in [-0.39, 0.29) is 0 Å². The minimum absolute atomic E-state index is 0.632. The SMILES string of the molecule is CN=C(NCCCc1ccccc1)NCC(C)C. The fraction of sp³-hybridized carbons (Fsp3) is 0.533. The molecule has 2 N–H and O–H groups in total. The Hall–Kier alpha value is -1.51. The molecule has 0 spiro atoms. The Morgan fingerprint density at radius 3 is 2.50 bits per heavy atom. The molecular weight excluding hydrogens is 222 g/mol. The molecule has 0 atom stereocenters. The molecule has 0 saturated carbocycles. The summed E-state index contributed by atoms with van der Waals surface area (Å²) in [6, 6.07) is 10.6. The Morgan fingerprint density at radius 1 is 1.17 bits per heavy atom. The Bertz CT molecular complexity index is 344. The lowest BCUT2D eigenvalue weighted by molar-refractivity contribution is 0.612. The molecule has 3 nitrogen and oxygen atoms in total. The first-order valence-corrected chi connectivity index (χ1v) is 6.71. The third kappa shape index (κ3) is 6.28. The van der Waals surface area contributed by atoms with Crippen LogP contribution < -0.4 is 10.6 Å². The second kappa shape index (κ2) is 8.56. The van der Waals surface area contributed by atoms with E-state index in [2.05, 4.69) is 59.8 Å². The van der Waals surface area contributed by atoms with E-state index in [4.69, 9.17) is 0 Å². The van der Waals surface area contributed by atoms with Gasteiger partial charge in [-0.2, -0.15) is 0 Å². The fourth-order valence-corrected chi connectivity index (χ4v) is 1.67. The molecule has 0 saturated heterocycles. The predicted molar refractivity (Wildman–Crippen MR) is 79.0 cm³/mol. The molecule has 0 radical (unpaired) electrons. The molecule has 3 heteroatoms. The molecule has 0 heterocycles. The van der Waals surface area contributed by atoms with Gasteiger partial charge in [-0.15, -0.1) is 0 Å². The first-order chi connectivity index (χ1) is 8.72. The molecule has 0 aliphatic carbocycles. The van der Waals surface area contributed by atoms with Gasteiger partial charge in [-0.3, -0.25) is 4.99 Å². The average Bonchev–Trinajstić information content (AvgIpc) is 2.39. The topological polar surface area (TPSA) is 36.4 Å². The highest BCUT2D eigenvalue weighted by atomic mass is 15.2. The molecule has 1 aromatic carbocycles. The largest absolute Gasteiger partial charge is 0.356 e. The summed E-state index contributed by atoms with van der Waals surface area (Å²) in [5, 5.41) is 6.64. The van der Waals surface area contributed by atoms with E-state index in [9.17, 15) is 0 Å². The summed E-state index contributed by atoms with van der Waals surface area (Å²) in [5.74, 6) is 1.53. The van der Waals surface area contributed by atoms with Crippen LogP contribution in [-0.4, -0.2) is 26.1 Å². The van der Waals surface area contributed by atoms with Crippen molar-refractivity contribution in [1.29, 1.82) is 0 Å². The predicted octanol–water partition coefficient (Wildman–Crippen LogP) is 2.44. The highest BCUT2D eigenvalue weighted by Gasteiger charge is 1.98. The molecule has 0 aliphatic rings. The summed E-state index contributed by atoms with van der Waals surface area (Å²) in [7, 11) is 1.81. The van der Waals surface area contributed by atoms with Crippen LogP contribution in [0.3, 0.4) is 0 Å². The van der Waals surface area contributed by atoms with Crippen LogP contribution in [0.4, 0.5) is 0 Å². The van der Waals surface area contributed by atoms with Crippen molar-refractivity contribution in [1.82, 2.24) is 10.6 Å². The lowest BCUT2D eigenvalue weighted by Gasteiger charge is -2.13. The summed E-state index contributed by atoms with van der Waals surface area (Å²) in [4.78, 5) is 4.20. The number of aryl methyl sites for hydroxylation is 1. The zero-order chi connectivity index (χ0) is 13.2. The number of nitrogens with one attached hydrogen (secondary N) is 2. The minimum Gasteiger partial charge on any atom is -0.356 e. The van der Waals surface area contributed by atoms with Gasteiger partial charge in [-0.25, -0.2) is 0 Å². The molecule has 0 bridgehead atoms. The van der Waals surface area contributed by atoms with Gasteiger partial charge in [0.25, 0.3) is 0 Å². The summed E-state index contributed by atoms with van der Waals surface area (Å²) < 4.78 is 0. The van der Waals surface area contributed by atoms with Gasteiger partial charge in [0, 0.05) is 20.1 Å². The molecule has 0 unspecified atom stereocenters. The zero-order valence-corrected chi connectivity index (χ0v) is 11.7. The standard InChI is InChI=1S/C15H25N3/c1-13(2)12-18-15(16-3)17-11-7-10-14-8-5-4-6-9-14/h4-6,8-9,13H,7,10-12H2,1-3H3,(H2,16,17,18). The van der Waals surface area contributed by atoms with E-state index >= 15 is 0 Å². The molecule has 0 fully saturated rings. The van der Waals surface area contributed by atoms with E-state index in [1.807, 2.05) is 7.05 Å². The average molecular weight is 247 g/mol. The second-order valence-electron chi connectivity index (χ2n) is 4.86. The maximum atomic E-state index is 4.20. The number of rotatable bonds is 6. The fourth-order valence-electron chi connectivity index (χ4n) is 1.67. The first kappa shape index (κ1) is 14.6. The van der Waals surface area contributed by atoms with Crippen LogP contribution in [0.5, 0.6) is 0 Å². The van der Waals surface area contributed by atoms with Crippen molar-refractivity contribution in [3.05, 3.63) is 35.9 Å². The number of nitrogens with zero attached hydrogens (tertiary/aromatic N) is 1. The van der Waals surface area contributed by atoms with Crippen molar-refractivity contribution in [2.45, 2.75) is 26.7 Å². The van der Waals surface area contributed by atoms with Gasteiger partial charge in [-0.05, 0) is 24.3 Å². The van der Waals surface area contributed by atoms with Crippen LogP contribution >= 0.6 is 0 Å². The Kier molecular flexibility index (Phi) is 6.92. The first-order valence-electron chi connectivity index (χ1n) is 6.71. The van der Waals surface area contributed by atoms with Gasteiger partial charge in [0.1, 0.15) is 0 Å². The monoisotopic (exact) mass is 247 g/mol. The van der Waals surface area contributed by atoms with Crippen molar-refractivity contribution in [2.75, 3.05) is 20.1 Å². The Labute approximate surface area is 111 Å². The van der Waals surface area contributed by atoms with Crippen molar-refractivity contribution < 1.29 is 0 Å². The lowest BCUT2D eigenvalue weighted by atomic mass is 10.1. The molecule has 1 aromatic rings. The van der Waals surface area contributed by atoms with Crippen LogP contribution in [0, 0.1) is 5.92 Å². The van der Waals surface area contributed by atoms with Gasteiger partial charge >= 0.3 is 0 Å². The number of guanidine groups is 1. The van der Waals surface area contributed by atoms with E-state index in [1.165, 1.54) is 5.56 Å². The highest BCUT2D eigenvalue weighted by molar-refractivity contribution is 5.79. The highest BCUT2D eigenvalue weighted by Crippen LogP contribution is 2.01. The normalized spacial score (nSPS) is 11.7. The Balaban J connectivity index is 2.16. The summed E-state index contributed by atoms with van der Waals surface area (Å²) in [5.41, 5.74) is 1.39. The van der Waals surface area contributed by atoms with Crippen LogP contribution in [0.2, 0.25) is 0 Å². The number of hydrogen-bond acceptors (Lipinski definition) is 1. The van der Waals surface area contributed by atoms with E-state index < -0.39 is 0 Å². The lowest BCUT2D eigenvalue weighted by Crippen LogP contribution is -2.39. The molecular formula is C15H25N3. The van der Waals surface area contributed by atoms with Gasteiger partial charge in [-0.1, -0.05) is 44.2 Å². The smallest absolute Gasteiger partial charge is 0.190 e. The quantitative estimate of drug-likeness (QED) is 0.460. The summed E-state index contributed by atoms with van der Waals surface area (Å²) in [6.07, 6.45) is 2.22. The van der Waals surface area contributed by atoms with Crippen LogP contribution in [-0.2, 0) is 6.42 Å². The zero-order valence-electron chi connectivity index (χ0n) is 11.7. The maximum Gasteiger partial charge on any atom is 0.190 e. The third-order valence-corrected chi connectivity index (χ3v) is 2.68. The minimum atomic E-state index is 0.632. The van der Waals surface area contributed by atoms with E-state index in [0.717, 1.165) is 31.9 Å². The molecule has 0 amide bonds. The van der Waals surface area contributed by atoms with Crippen molar-refractivity contribution in [3.63, 3.8) is 0 Å². The summed E-state index contributed by atoms with van der Waals surface area (Å²) >= 11 is 0. The second-order valence-corrected chi connectivity index (χ2v) is 4.86. The van der Waals surface area contributed by atoms with Crippen LogP contribution in [0.25, 0.3) is 0 Å². The van der Waals surface area contributed by atoms with Crippen molar-refractivity contribution in [2.24, 2.45) is 10.9 Å². The van der Waals surface area contributed by atoms with E-state index in [1.54, 1.807) is 0 Å². The molecule has 1 rings (SSSR count). The van der Waals surface area contributed by atoms with Gasteiger partial charge < -0.3 is 10.6 Å². The number of hydrogen-bond donors (Lipinski definition) is 2. The molecule has 18 heavy (non-hydrogen) atoms. The van der Waals surface area contributed by atoms with E-state index in [0.29, 0.717) is 5.92 Å². The molecule has 0 aliphatic heterocycles. The number of aliphatic imine (C=N–C) groups is 1. The van der Waals surface area contributed by atoms with Crippen LogP contribution in [0.15, 0.2) is 35.3 Å². The Morgan fingerprint density at radius 2 is 1.89 bits per heavy atom. The maximum absolute atomic E-state index is 4.20. The van der Waals surface area contributed by atoms with Crippen LogP contribution in [0.1, 0.15) is 25.8 Å². The van der Waals surface area contributed by atoms with Crippen molar-refractivity contribution in [3.8, 4) is 0 Å². The molecule has 100 valence electrons. The third-order valence-electron chi connectivity index (χ3n) is 2.68. The van der Waals surface area contributed by atoms with Crippen molar-refractivity contribution >= 4 is 5.96 Å². The summed E-state index contributed by atoms with van der Waals surface area (Å²) in [6.45, 7) is 6.29. The van der Waals surface area contributed by atoms with Gasteiger partial charge in [0.15, 0.2) is 5.96 Å². The molecule has 0 aromatic heterocycles. The van der Waals surface area contributed by atoms with Gasteiger partial charge in [0.05, 0.1) is 0 Å².